The van der Waals surface area contributed by atoms with Crippen molar-refractivity contribution in [3.63, 3.8) is 0 Å². The summed E-state index contributed by atoms with van der Waals surface area (Å²) in [6, 6.07) is 0.170. The third-order valence-corrected chi connectivity index (χ3v) is 4.23. The first-order valence-corrected chi connectivity index (χ1v) is 6.84. The van der Waals surface area contributed by atoms with E-state index >= 15 is 0 Å². The predicted octanol–water partition coefficient (Wildman–Crippen LogP) is 0.0924. The molecule has 0 aromatic carbocycles. The summed E-state index contributed by atoms with van der Waals surface area (Å²) in [6.07, 6.45) is 1.89. The minimum Gasteiger partial charge on any atom is -0.373 e. The van der Waals surface area contributed by atoms with Gasteiger partial charge in [-0.05, 0) is 26.7 Å². The molecule has 1 saturated carbocycles. The molecule has 0 bridgehead atoms. The highest BCUT2D eigenvalue weighted by molar-refractivity contribution is 7.87. The lowest BCUT2D eigenvalue weighted by Gasteiger charge is -2.34. The van der Waals surface area contributed by atoms with Gasteiger partial charge in [-0.3, -0.25) is 0 Å². The molecule has 2 atom stereocenters. The monoisotopic (exact) mass is 234 g/mol. The van der Waals surface area contributed by atoms with Crippen LogP contribution in [0.5, 0.6) is 0 Å². The van der Waals surface area contributed by atoms with Crippen LogP contribution >= 0.6 is 0 Å². The van der Waals surface area contributed by atoms with Crippen LogP contribution < -0.4 is 4.72 Å². The topological polar surface area (TPSA) is 58.6 Å². The van der Waals surface area contributed by atoms with Crippen molar-refractivity contribution in [1.29, 1.82) is 0 Å². The number of rotatable bonds is 3. The molecular formula is C9H18N2O3S. The normalized spacial score (nSPS) is 34.3. The molecular weight excluding hydrogens is 216 g/mol. The molecule has 0 spiro atoms. The second kappa shape index (κ2) is 4.01. The summed E-state index contributed by atoms with van der Waals surface area (Å²) in [5.41, 5.74) is 0. The molecule has 0 aromatic rings. The van der Waals surface area contributed by atoms with Crippen LogP contribution in [0.15, 0.2) is 0 Å². The first-order valence-electron chi connectivity index (χ1n) is 5.40. The van der Waals surface area contributed by atoms with Crippen molar-refractivity contribution in [2.24, 2.45) is 0 Å². The Morgan fingerprint density at radius 2 is 1.73 bits per heavy atom. The molecule has 2 unspecified atom stereocenters. The molecule has 0 aromatic heterocycles. The molecule has 2 rings (SSSR count). The van der Waals surface area contributed by atoms with E-state index in [9.17, 15) is 8.42 Å². The van der Waals surface area contributed by atoms with Crippen molar-refractivity contribution < 1.29 is 13.2 Å². The third-order valence-electron chi connectivity index (χ3n) is 2.62. The Hall–Kier alpha value is -0.170. The summed E-state index contributed by atoms with van der Waals surface area (Å²) in [5.74, 6) is 0. The van der Waals surface area contributed by atoms with Gasteiger partial charge in [0.15, 0.2) is 0 Å². The second-order valence-corrected chi connectivity index (χ2v) is 6.17. The molecule has 1 aliphatic heterocycles. The van der Waals surface area contributed by atoms with Gasteiger partial charge in [-0.15, -0.1) is 0 Å². The first-order chi connectivity index (χ1) is 6.97. The number of hydrogen-bond donors (Lipinski definition) is 1. The molecule has 1 heterocycles. The van der Waals surface area contributed by atoms with Crippen LogP contribution in [0.2, 0.25) is 0 Å². The molecule has 5 nitrogen and oxygen atoms in total. The standard InChI is InChI=1S/C9H18N2O3S/c1-7-5-11(6-8(2)14-7)15(12,13)10-9-3-4-9/h7-10H,3-6H2,1-2H3. The van der Waals surface area contributed by atoms with Crippen molar-refractivity contribution in [3.8, 4) is 0 Å². The number of hydrogen-bond acceptors (Lipinski definition) is 3. The fourth-order valence-electron chi connectivity index (χ4n) is 1.81. The number of morpholine rings is 1. The van der Waals surface area contributed by atoms with E-state index in [2.05, 4.69) is 4.72 Å². The van der Waals surface area contributed by atoms with E-state index in [0.29, 0.717) is 13.1 Å². The molecule has 1 saturated heterocycles. The second-order valence-electron chi connectivity index (χ2n) is 4.47. The summed E-state index contributed by atoms with van der Waals surface area (Å²) in [6.45, 7) is 4.70. The van der Waals surface area contributed by atoms with Crippen LogP contribution in [0.1, 0.15) is 26.7 Å². The number of ether oxygens (including phenoxy) is 1. The van der Waals surface area contributed by atoms with E-state index in [4.69, 9.17) is 4.74 Å². The Balaban J connectivity index is 2.01. The SMILES string of the molecule is CC1CN(S(=O)(=O)NC2CC2)CC(C)O1. The van der Waals surface area contributed by atoms with Crippen LogP contribution in [0, 0.1) is 0 Å². The Kier molecular flexibility index (Phi) is 3.03. The molecule has 88 valence electrons. The minimum absolute atomic E-state index is 0.0236. The van der Waals surface area contributed by atoms with E-state index in [1.807, 2.05) is 13.8 Å². The van der Waals surface area contributed by atoms with E-state index < -0.39 is 10.2 Å². The van der Waals surface area contributed by atoms with E-state index in [-0.39, 0.29) is 18.2 Å². The Bertz CT molecular complexity index is 316. The van der Waals surface area contributed by atoms with E-state index in [1.54, 1.807) is 0 Å². The minimum atomic E-state index is -3.28. The summed E-state index contributed by atoms with van der Waals surface area (Å²) >= 11 is 0. The zero-order chi connectivity index (χ0) is 11.1. The van der Waals surface area contributed by atoms with Gasteiger partial charge in [0, 0.05) is 19.1 Å². The Labute approximate surface area is 91.0 Å². The van der Waals surface area contributed by atoms with Crippen molar-refractivity contribution >= 4 is 10.2 Å². The predicted molar refractivity (Wildman–Crippen MR) is 56.7 cm³/mol. The summed E-state index contributed by atoms with van der Waals surface area (Å²) in [7, 11) is -3.28. The van der Waals surface area contributed by atoms with Gasteiger partial charge in [0.1, 0.15) is 0 Å². The van der Waals surface area contributed by atoms with Gasteiger partial charge < -0.3 is 4.74 Å². The van der Waals surface area contributed by atoms with Crippen LogP contribution in [-0.4, -0.2) is 44.1 Å². The highest BCUT2D eigenvalue weighted by Gasteiger charge is 2.34. The Morgan fingerprint density at radius 1 is 1.20 bits per heavy atom. The molecule has 0 amide bonds. The van der Waals surface area contributed by atoms with Crippen LogP contribution in [-0.2, 0) is 14.9 Å². The highest BCUT2D eigenvalue weighted by atomic mass is 32.2. The number of nitrogens with one attached hydrogen (secondary N) is 1. The van der Waals surface area contributed by atoms with Crippen LogP contribution in [0.4, 0.5) is 0 Å². The molecule has 2 fully saturated rings. The molecule has 15 heavy (non-hydrogen) atoms. The van der Waals surface area contributed by atoms with Crippen LogP contribution in [0.3, 0.4) is 0 Å². The van der Waals surface area contributed by atoms with E-state index in [0.717, 1.165) is 12.8 Å². The van der Waals surface area contributed by atoms with Crippen LogP contribution in [0.25, 0.3) is 0 Å². The summed E-state index contributed by atoms with van der Waals surface area (Å²) in [5, 5.41) is 0. The number of nitrogens with zero attached hydrogens (tertiary/aromatic N) is 1. The molecule has 0 radical (unpaired) electrons. The molecule has 1 N–H and O–H groups in total. The average Bonchev–Trinajstić information content (AvgIpc) is 2.85. The fourth-order valence-corrected chi connectivity index (χ4v) is 3.43. The van der Waals surface area contributed by atoms with Crippen molar-refractivity contribution in [3.05, 3.63) is 0 Å². The largest absolute Gasteiger partial charge is 0.373 e. The zero-order valence-electron chi connectivity index (χ0n) is 9.14. The summed E-state index contributed by atoms with van der Waals surface area (Å²) < 4.78 is 33.4. The first kappa shape index (κ1) is 11.3. The summed E-state index contributed by atoms with van der Waals surface area (Å²) in [4.78, 5) is 0. The van der Waals surface area contributed by atoms with Gasteiger partial charge in [-0.1, -0.05) is 0 Å². The maximum absolute atomic E-state index is 11.9. The van der Waals surface area contributed by atoms with Gasteiger partial charge in [0.05, 0.1) is 12.2 Å². The van der Waals surface area contributed by atoms with Gasteiger partial charge in [0.2, 0.25) is 0 Å². The molecule has 1 aliphatic carbocycles. The fraction of sp³-hybridized carbons (Fsp3) is 1.00. The maximum atomic E-state index is 11.9. The van der Waals surface area contributed by atoms with E-state index in [1.165, 1.54) is 4.31 Å². The van der Waals surface area contributed by atoms with Gasteiger partial charge in [-0.25, -0.2) is 0 Å². The smallest absolute Gasteiger partial charge is 0.279 e. The lowest BCUT2D eigenvalue weighted by atomic mass is 10.3. The third kappa shape index (κ3) is 2.90. The highest BCUT2D eigenvalue weighted by Crippen LogP contribution is 2.22. The van der Waals surface area contributed by atoms with Gasteiger partial charge in [-0.2, -0.15) is 17.4 Å². The molecule has 6 heteroatoms. The Morgan fingerprint density at radius 3 is 2.20 bits per heavy atom. The van der Waals surface area contributed by atoms with Crippen molar-refractivity contribution in [1.82, 2.24) is 9.03 Å². The molecule has 2 aliphatic rings. The lowest BCUT2D eigenvalue weighted by Crippen LogP contribution is -2.52. The lowest BCUT2D eigenvalue weighted by molar-refractivity contribution is -0.0444. The maximum Gasteiger partial charge on any atom is 0.279 e. The quantitative estimate of drug-likeness (QED) is 0.753. The average molecular weight is 234 g/mol. The van der Waals surface area contributed by atoms with Crippen molar-refractivity contribution in [2.75, 3.05) is 13.1 Å². The zero-order valence-corrected chi connectivity index (χ0v) is 9.96. The van der Waals surface area contributed by atoms with Gasteiger partial charge >= 0.3 is 0 Å². The van der Waals surface area contributed by atoms with Gasteiger partial charge in [0.25, 0.3) is 10.2 Å². The van der Waals surface area contributed by atoms with Crippen molar-refractivity contribution in [2.45, 2.75) is 44.9 Å².